The summed E-state index contributed by atoms with van der Waals surface area (Å²) in [6, 6.07) is 6.20. The van der Waals surface area contributed by atoms with Crippen molar-refractivity contribution in [2.75, 3.05) is 24.5 Å². The number of hydrogen-bond acceptors (Lipinski definition) is 4. The van der Waals surface area contributed by atoms with E-state index in [0.29, 0.717) is 31.8 Å². The van der Waals surface area contributed by atoms with E-state index < -0.39 is 10.0 Å². The largest absolute Gasteiger partial charge is 0.337 e. The van der Waals surface area contributed by atoms with Crippen LogP contribution in [0.5, 0.6) is 0 Å². The third kappa shape index (κ3) is 3.59. The molecule has 3 heterocycles. The molecule has 1 fully saturated rings. The third-order valence-corrected chi connectivity index (χ3v) is 7.95. The average molecular weight is 417 g/mol. The topological polar surface area (TPSA) is 75.5 Å². The number of carbonyl (C=O) groups excluding carboxylic acids is 1. The Labute approximate surface area is 172 Å². The first-order valence-corrected chi connectivity index (χ1v) is 11.6. The fraction of sp³-hybridized carbons (Fsp3) is 0.524. The van der Waals surface area contributed by atoms with Gasteiger partial charge in [0, 0.05) is 44.5 Å². The normalized spacial score (nSPS) is 18.7. The van der Waals surface area contributed by atoms with Gasteiger partial charge in [0.2, 0.25) is 5.91 Å². The lowest BCUT2D eigenvalue weighted by Gasteiger charge is -2.36. The summed E-state index contributed by atoms with van der Waals surface area (Å²) < 4.78 is 29.0. The molecule has 0 spiro atoms. The maximum absolute atomic E-state index is 13.3. The van der Waals surface area contributed by atoms with Crippen molar-refractivity contribution in [3.8, 4) is 0 Å². The van der Waals surface area contributed by atoms with Crippen molar-refractivity contribution in [1.82, 2.24) is 13.9 Å². The zero-order valence-electron chi connectivity index (χ0n) is 17.3. The first-order chi connectivity index (χ1) is 13.8. The standard InChI is InChI=1S/C21H28N4O3S/c1-15-6-4-7-17-8-5-11-25(20(15)17)21(26)18-9-12-24(13-10-18)29(27,28)19-14-23(3)16(2)22-19/h4,6-7,14,18H,5,8-13H2,1-3H3. The van der Waals surface area contributed by atoms with Crippen LogP contribution in [-0.2, 0) is 28.3 Å². The van der Waals surface area contributed by atoms with Crippen LogP contribution < -0.4 is 4.90 Å². The maximum Gasteiger partial charge on any atom is 0.262 e. The van der Waals surface area contributed by atoms with Gasteiger partial charge in [-0.15, -0.1) is 0 Å². The third-order valence-electron chi connectivity index (χ3n) is 6.18. The second-order valence-electron chi connectivity index (χ2n) is 8.09. The van der Waals surface area contributed by atoms with Crippen LogP contribution in [0.15, 0.2) is 29.4 Å². The number of nitrogens with zero attached hydrogens (tertiary/aromatic N) is 4. The molecule has 0 bridgehead atoms. The monoisotopic (exact) mass is 416 g/mol. The van der Waals surface area contributed by atoms with Crippen LogP contribution in [0.2, 0.25) is 0 Å². The number of para-hydroxylation sites is 1. The van der Waals surface area contributed by atoms with E-state index in [1.807, 2.05) is 11.0 Å². The Hall–Kier alpha value is -2.19. The molecule has 0 unspecified atom stereocenters. The fourth-order valence-electron chi connectivity index (χ4n) is 4.41. The van der Waals surface area contributed by atoms with Crippen molar-refractivity contribution >= 4 is 21.6 Å². The molecule has 0 radical (unpaired) electrons. The number of hydrogen-bond donors (Lipinski definition) is 0. The molecule has 156 valence electrons. The Balaban J connectivity index is 1.47. The highest BCUT2D eigenvalue weighted by Crippen LogP contribution is 2.33. The van der Waals surface area contributed by atoms with Crippen LogP contribution in [0.25, 0.3) is 0 Å². The van der Waals surface area contributed by atoms with Gasteiger partial charge in [0.05, 0.1) is 0 Å². The number of sulfonamides is 1. The van der Waals surface area contributed by atoms with E-state index in [4.69, 9.17) is 0 Å². The van der Waals surface area contributed by atoms with Gasteiger partial charge in [0.1, 0.15) is 5.82 Å². The number of rotatable bonds is 3. The van der Waals surface area contributed by atoms with Crippen LogP contribution in [0.3, 0.4) is 0 Å². The lowest BCUT2D eigenvalue weighted by Crippen LogP contribution is -2.46. The minimum atomic E-state index is -3.62. The Kier molecular flexibility index (Phi) is 5.25. The molecule has 1 saturated heterocycles. The fourth-order valence-corrected chi connectivity index (χ4v) is 5.91. The molecule has 7 nitrogen and oxygen atoms in total. The highest BCUT2D eigenvalue weighted by Gasteiger charge is 2.36. The van der Waals surface area contributed by atoms with Gasteiger partial charge in [-0.25, -0.2) is 13.4 Å². The number of carbonyl (C=O) groups is 1. The number of benzene rings is 1. The van der Waals surface area contributed by atoms with E-state index in [-0.39, 0.29) is 16.9 Å². The molecule has 2 aliphatic rings. The zero-order valence-corrected chi connectivity index (χ0v) is 18.1. The van der Waals surface area contributed by atoms with Gasteiger partial charge in [0.15, 0.2) is 5.03 Å². The molecule has 1 aromatic heterocycles. The van der Waals surface area contributed by atoms with Gasteiger partial charge in [-0.3, -0.25) is 4.79 Å². The van der Waals surface area contributed by atoms with Gasteiger partial charge in [-0.2, -0.15) is 4.31 Å². The lowest BCUT2D eigenvalue weighted by molar-refractivity contribution is -0.123. The quantitative estimate of drug-likeness (QED) is 0.770. The SMILES string of the molecule is Cc1cccc2c1N(C(=O)C1CCN(S(=O)(=O)c3cn(C)c(C)n3)CC1)CCC2. The predicted octanol–water partition coefficient (Wildman–Crippen LogP) is 2.42. The van der Waals surface area contributed by atoms with E-state index in [1.165, 1.54) is 9.87 Å². The minimum absolute atomic E-state index is 0.0860. The van der Waals surface area contributed by atoms with Crippen molar-refractivity contribution in [1.29, 1.82) is 0 Å². The first-order valence-electron chi connectivity index (χ1n) is 10.2. The number of piperidine rings is 1. The van der Waals surface area contributed by atoms with Gasteiger partial charge < -0.3 is 9.47 Å². The van der Waals surface area contributed by atoms with E-state index >= 15 is 0 Å². The van der Waals surface area contributed by atoms with Crippen LogP contribution >= 0.6 is 0 Å². The van der Waals surface area contributed by atoms with Crippen molar-refractivity contribution in [2.24, 2.45) is 13.0 Å². The summed E-state index contributed by atoms with van der Waals surface area (Å²) >= 11 is 0. The van der Waals surface area contributed by atoms with Gasteiger partial charge in [-0.05, 0) is 50.7 Å². The summed E-state index contributed by atoms with van der Waals surface area (Å²) in [4.78, 5) is 19.4. The smallest absolute Gasteiger partial charge is 0.262 e. The number of imidazole rings is 1. The van der Waals surface area contributed by atoms with Crippen molar-refractivity contribution in [3.63, 3.8) is 0 Å². The van der Waals surface area contributed by atoms with Crippen molar-refractivity contribution in [3.05, 3.63) is 41.3 Å². The van der Waals surface area contributed by atoms with E-state index in [1.54, 1.807) is 24.7 Å². The molecule has 29 heavy (non-hydrogen) atoms. The van der Waals surface area contributed by atoms with E-state index in [2.05, 4.69) is 24.0 Å². The average Bonchev–Trinajstić information content (AvgIpc) is 3.07. The summed E-state index contributed by atoms with van der Waals surface area (Å²) in [5.74, 6) is 0.649. The van der Waals surface area contributed by atoms with Gasteiger partial charge in [0.25, 0.3) is 10.0 Å². The molecular formula is C21H28N4O3S. The van der Waals surface area contributed by atoms with Crippen LogP contribution in [0, 0.1) is 19.8 Å². The molecule has 1 amide bonds. The van der Waals surface area contributed by atoms with E-state index in [0.717, 1.165) is 30.6 Å². The molecule has 1 aromatic carbocycles. The van der Waals surface area contributed by atoms with Crippen LogP contribution in [0.4, 0.5) is 5.69 Å². The number of aromatic nitrogens is 2. The van der Waals surface area contributed by atoms with Crippen LogP contribution in [0.1, 0.15) is 36.2 Å². The number of anilines is 1. The molecule has 0 aliphatic carbocycles. The van der Waals surface area contributed by atoms with Gasteiger partial charge >= 0.3 is 0 Å². The van der Waals surface area contributed by atoms with Crippen molar-refractivity contribution in [2.45, 2.75) is 44.6 Å². The molecule has 2 aromatic rings. The highest BCUT2D eigenvalue weighted by atomic mass is 32.2. The summed E-state index contributed by atoms with van der Waals surface area (Å²) in [5, 5.41) is 0.0860. The summed E-state index contributed by atoms with van der Waals surface area (Å²) in [6.07, 6.45) is 4.61. The molecule has 0 atom stereocenters. The summed E-state index contributed by atoms with van der Waals surface area (Å²) in [5.41, 5.74) is 3.42. The predicted molar refractivity (Wildman–Crippen MR) is 111 cm³/mol. The Morgan fingerprint density at radius 3 is 2.52 bits per heavy atom. The second kappa shape index (κ2) is 7.57. The Bertz CT molecular complexity index is 1020. The maximum atomic E-state index is 13.3. The molecule has 0 N–H and O–H groups in total. The molecule has 4 rings (SSSR count). The molecular weight excluding hydrogens is 388 g/mol. The van der Waals surface area contributed by atoms with Crippen LogP contribution in [-0.4, -0.2) is 47.8 Å². The highest BCUT2D eigenvalue weighted by molar-refractivity contribution is 7.89. The molecule has 0 saturated carbocycles. The first kappa shape index (κ1) is 20.1. The Morgan fingerprint density at radius 2 is 1.86 bits per heavy atom. The molecule has 8 heteroatoms. The number of aryl methyl sites for hydroxylation is 4. The second-order valence-corrected chi connectivity index (χ2v) is 9.98. The molecule has 2 aliphatic heterocycles. The lowest BCUT2D eigenvalue weighted by atomic mass is 9.93. The minimum Gasteiger partial charge on any atom is -0.337 e. The summed E-state index contributed by atoms with van der Waals surface area (Å²) in [6.45, 7) is 5.27. The van der Waals surface area contributed by atoms with E-state index in [9.17, 15) is 13.2 Å². The Morgan fingerprint density at radius 1 is 1.14 bits per heavy atom. The number of fused-ring (bicyclic) bond motifs is 1. The summed E-state index contributed by atoms with van der Waals surface area (Å²) in [7, 11) is -1.83. The number of amides is 1. The zero-order chi connectivity index (χ0) is 20.8. The van der Waals surface area contributed by atoms with Gasteiger partial charge in [-0.1, -0.05) is 18.2 Å². The van der Waals surface area contributed by atoms with Crippen molar-refractivity contribution < 1.29 is 13.2 Å².